The normalized spacial score (nSPS) is 40.2. The summed E-state index contributed by atoms with van der Waals surface area (Å²) >= 11 is 2.34. The molecule has 4 aliphatic carbocycles. The van der Waals surface area contributed by atoms with Crippen LogP contribution in [-0.2, 0) is 9.53 Å². The maximum atomic E-state index is 12.2. The van der Waals surface area contributed by atoms with Gasteiger partial charge in [0, 0.05) is 17.3 Å². The molecule has 0 N–H and O–H groups in total. The summed E-state index contributed by atoms with van der Waals surface area (Å²) in [5.74, 6) is 5.32. The van der Waals surface area contributed by atoms with Gasteiger partial charge in [-0.15, -0.1) is 0 Å². The highest BCUT2D eigenvalue weighted by Crippen LogP contribution is 2.67. The van der Waals surface area contributed by atoms with Crippen molar-refractivity contribution in [1.29, 1.82) is 0 Å². The molecule has 3 heteroatoms. The number of allylic oxidation sites excluding steroid dienone is 1. The van der Waals surface area contributed by atoms with Crippen LogP contribution in [0.3, 0.4) is 0 Å². The second-order valence-electron chi connectivity index (χ2n) is 13.4. The van der Waals surface area contributed by atoms with Crippen molar-refractivity contribution in [2.24, 2.45) is 46.3 Å². The first-order valence-corrected chi connectivity index (χ1v) is 16.2. The zero-order valence-electron chi connectivity index (χ0n) is 22.7. The highest BCUT2D eigenvalue weighted by Gasteiger charge is 2.59. The molecule has 0 aromatic heterocycles. The Bertz CT molecular complexity index is 744. The lowest BCUT2D eigenvalue weighted by atomic mass is 9.47. The maximum Gasteiger partial charge on any atom is 0.306 e. The summed E-state index contributed by atoms with van der Waals surface area (Å²) in [5.41, 5.74) is 2.54. The highest BCUT2D eigenvalue weighted by molar-refractivity contribution is 14.1. The SMILES string of the molecule is CC(C)CCC[C@@H](C)[C@H]1CCC2C3CC=C4C[C@@H](OC(=O)CCCI)CC[C@]4(C)C3CC[C@@]21C. The van der Waals surface area contributed by atoms with Crippen molar-refractivity contribution in [1.82, 2.24) is 0 Å². The highest BCUT2D eigenvalue weighted by atomic mass is 127. The quantitative estimate of drug-likeness (QED) is 0.117. The van der Waals surface area contributed by atoms with Crippen molar-refractivity contribution in [3.8, 4) is 0 Å². The number of hydrogen-bond donors (Lipinski definition) is 0. The average molecular weight is 583 g/mol. The number of fused-ring (bicyclic) bond motifs is 5. The van der Waals surface area contributed by atoms with Gasteiger partial charge in [0.1, 0.15) is 6.10 Å². The first-order chi connectivity index (χ1) is 16.2. The Labute approximate surface area is 224 Å². The van der Waals surface area contributed by atoms with E-state index in [-0.39, 0.29) is 12.1 Å². The smallest absolute Gasteiger partial charge is 0.306 e. The number of esters is 1. The lowest BCUT2D eigenvalue weighted by molar-refractivity contribution is -0.151. The molecule has 194 valence electrons. The van der Waals surface area contributed by atoms with Gasteiger partial charge in [-0.05, 0) is 97.7 Å². The van der Waals surface area contributed by atoms with Gasteiger partial charge in [-0.3, -0.25) is 4.79 Å². The van der Waals surface area contributed by atoms with Gasteiger partial charge in [-0.2, -0.15) is 0 Å². The average Bonchev–Trinajstić information content (AvgIpc) is 3.15. The number of rotatable bonds is 9. The van der Waals surface area contributed by atoms with E-state index in [2.05, 4.69) is 63.3 Å². The topological polar surface area (TPSA) is 26.3 Å². The zero-order chi connectivity index (χ0) is 24.5. The van der Waals surface area contributed by atoms with Crippen LogP contribution in [0.25, 0.3) is 0 Å². The van der Waals surface area contributed by atoms with Crippen LogP contribution in [0.5, 0.6) is 0 Å². The molecule has 34 heavy (non-hydrogen) atoms. The summed E-state index contributed by atoms with van der Waals surface area (Å²) in [6.07, 6.45) is 18.8. The van der Waals surface area contributed by atoms with E-state index in [1.165, 1.54) is 57.8 Å². The molecule has 0 amide bonds. The Hall–Kier alpha value is -0.0600. The van der Waals surface area contributed by atoms with Gasteiger partial charge < -0.3 is 4.74 Å². The van der Waals surface area contributed by atoms with Crippen LogP contribution in [0.4, 0.5) is 0 Å². The third-order valence-corrected chi connectivity index (χ3v) is 11.8. The molecule has 0 spiro atoms. The minimum atomic E-state index is 0.0208. The van der Waals surface area contributed by atoms with Gasteiger partial charge in [0.05, 0.1) is 0 Å². The van der Waals surface area contributed by atoms with E-state index in [9.17, 15) is 4.79 Å². The first-order valence-electron chi connectivity index (χ1n) is 14.6. The van der Waals surface area contributed by atoms with Gasteiger partial charge >= 0.3 is 5.97 Å². The molecular formula is C31H51IO2. The van der Waals surface area contributed by atoms with Crippen LogP contribution in [0.15, 0.2) is 11.6 Å². The molecule has 8 atom stereocenters. The molecule has 4 aliphatic rings. The fraction of sp³-hybridized carbons (Fsp3) is 0.903. The molecule has 3 fully saturated rings. The van der Waals surface area contributed by atoms with Crippen LogP contribution in [-0.4, -0.2) is 16.5 Å². The molecule has 2 nitrogen and oxygen atoms in total. The largest absolute Gasteiger partial charge is 0.462 e. The lowest BCUT2D eigenvalue weighted by Crippen LogP contribution is -2.51. The number of ether oxygens (including phenoxy) is 1. The predicted octanol–water partition coefficient (Wildman–Crippen LogP) is 9.15. The van der Waals surface area contributed by atoms with Crippen LogP contribution in [0.1, 0.15) is 118 Å². The Morgan fingerprint density at radius 1 is 1.06 bits per heavy atom. The minimum Gasteiger partial charge on any atom is -0.462 e. The molecule has 4 rings (SSSR count). The van der Waals surface area contributed by atoms with Crippen molar-refractivity contribution in [2.75, 3.05) is 4.43 Å². The Morgan fingerprint density at radius 2 is 1.85 bits per heavy atom. The molecule has 0 saturated heterocycles. The molecule has 0 heterocycles. The van der Waals surface area contributed by atoms with Gasteiger partial charge in [0.2, 0.25) is 0 Å². The van der Waals surface area contributed by atoms with E-state index in [4.69, 9.17) is 4.74 Å². The third-order valence-electron chi connectivity index (χ3n) is 11.1. The van der Waals surface area contributed by atoms with Gasteiger partial charge in [-0.1, -0.05) is 88.1 Å². The fourth-order valence-electron chi connectivity index (χ4n) is 9.21. The lowest BCUT2D eigenvalue weighted by Gasteiger charge is -2.58. The van der Waals surface area contributed by atoms with Crippen LogP contribution in [0, 0.1) is 46.3 Å². The number of carbonyl (C=O) groups excluding carboxylic acids is 1. The van der Waals surface area contributed by atoms with Crippen molar-refractivity contribution < 1.29 is 9.53 Å². The van der Waals surface area contributed by atoms with E-state index in [1.807, 2.05) is 0 Å². The van der Waals surface area contributed by atoms with Crippen molar-refractivity contribution in [3.63, 3.8) is 0 Å². The van der Waals surface area contributed by atoms with E-state index >= 15 is 0 Å². The first kappa shape index (κ1) is 27.0. The van der Waals surface area contributed by atoms with Gasteiger partial charge in [0.25, 0.3) is 0 Å². The fourth-order valence-corrected chi connectivity index (χ4v) is 9.59. The van der Waals surface area contributed by atoms with Crippen LogP contribution < -0.4 is 0 Å². The molecule has 3 saturated carbocycles. The van der Waals surface area contributed by atoms with Gasteiger partial charge in [-0.25, -0.2) is 0 Å². The van der Waals surface area contributed by atoms with Crippen molar-refractivity contribution in [2.45, 2.75) is 124 Å². The predicted molar refractivity (Wildman–Crippen MR) is 151 cm³/mol. The van der Waals surface area contributed by atoms with E-state index in [0.29, 0.717) is 17.3 Å². The number of carbonyl (C=O) groups is 1. The molecule has 3 unspecified atom stereocenters. The number of hydrogen-bond acceptors (Lipinski definition) is 2. The Morgan fingerprint density at radius 3 is 2.59 bits per heavy atom. The summed E-state index contributed by atoms with van der Waals surface area (Å²) in [6.45, 7) is 12.6. The summed E-state index contributed by atoms with van der Waals surface area (Å²) in [6, 6.07) is 0. The summed E-state index contributed by atoms with van der Waals surface area (Å²) in [4.78, 5) is 12.2. The number of alkyl halides is 1. The van der Waals surface area contributed by atoms with Crippen molar-refractivity contribution >= 4 is 28.6 Å². The minimum absolute atomic E-state index is 0.0208. The molecule has 0 bridgehead atoms. The van der Waals surface area contributed by atoms with Crippen LogP contribution in [0.2, 0.25) is 0 Å². The Kier molecular flexibility index (Phi) is 8.84. The molecule has 0 aromatic carbocycles. The molecule has 0 aromatic rings. The molecule has 0 radical (unpaired) electrons. The second kappa shape index (κ2) is 11.1. The third kappa shape index (κ3) is 5.30. The summed E-state index contributed by atoms with van der Waals surface area (Å²) in [7, 11) is 0. The molecule has 0 aliphatic heterocycles. The Balaban J connectivity index is 1.41. The van der Waals surface area contributed by atoms with Gasteiger partial charge in [0.15, 0.2) is 0 Å². The molecular weight excluding hydrogens is 531 g/mol. The van der Waals surface area contributed by atoms with E-state index in [0.717, 1.165) is 59.2 Å². The van der Waals surface area contributed by atoms with Crippen molar-refractivity contribution in [3.05, 3.63) is 11.6 Å². The second-order valence-corrected chi connectivity index (χ2v) is 14.5. The monoisotopic (exact) mass is 582 g/mol. The zero-order valence-corrected chi connectivity index (χ0v) is 24.9. The summed E-state index contributed by atoms with van der Waals surface area (Å²) in [5, 5.41) is 0. The maximum absolute atomic E-state index is 12.2. The number of halogens is 1. The van der Waals surface area contributed by atoms with E-state index < -0.39 is 0 Å². The van der Waals surface area contributed by atoms with E-state index in [1.54, 1.807) is 5.57 Å². The summed E-state index contributed by atoms with van der Waals surface area (Å²) < 4.78 is 6.94. The standard InChI is InChI=1S/C31H51IO2/c1-21(2)8-6-9-22(3)26-13-14-27-25-12-11-23-20-24(34-29(33)10-7-19-32)15-17-30(23,4)28(25)16-18-31(26,27)5/h11,21-22,24-28H,6-10,12-20H2,1-5H3/t22-,24+,25?,26-,27?,28?,30+,31-/m1/s1. The van der Waals surface area contributed by atoms with Crippen LogP contribution >= 0.6 is 22.6 Å².